The van der Waals surface area contributed by atoms with Crippen LogP contribution in [0.15, 0.2) is 93.9 Å². The van der Waals surface area contributed by atoms with Crippen LogP contribution in [-0.4, -0.2) is 27.0 Å². The van der Waals surface area contributed by atoms with Crippen molar-refractivity contribution in [3.05, 3.63) is 106 Å². The van der Waals surface area contributed by atoms with Crippen LogP contribution in [-0.2, 0) is 5.75 Å². The van der Waals surface area contributed by atoms with E-state index in [4.69, 9.17) is 11.6 Å². The Morgan fingerprint density at radius 3 is 2.54 bits per heavy atom. The van der Waals surface area contributed by atoms with Crippen molar-refractivity contribution in [1.82, 2.24) is 9.97 Å². The number of nitrogens with one attached hydrogen (secondary N) is 1. The fourth-order valence-corrected chi connectivity index (χ4v) is 5.01. The van der Waals surface area contributed by atoms with Gasteiger partial charge in [-0.05, 0) is 60.5 Å². The van der Waals surface area contributed by atoms with E-state index in [1.165, 1.54) is 41.2 Å². The first-order chi connectivity index (χ1) is 16.9. The molecule has 0 fully saturated rings. The van der Waals surface area contributed by atoms with E-state index < -0.39 is 11.9 Å². The number of carbonyl (C=O) groups excluding carboxylic acids is 1. The fourth-order valence-electron chi connectivity index (χ4n) is 3.13. The van der Waals surface area contributed by atoms with Crippen LogP contribution in [0, 0.1) is 6.92 Å². The summed E-state index contributed by atoms with van der Waals surface area (Å²) < 4.78 is 0. The molecule has 176 valence electrons. The lowest BCUT2D eigenvalue weighted by atomic mass is 10.1. The Hall–Kier alpha value is -3.33. The number of aromatic carboxylic acids is 1. The molecule has 9 heteroatoms. The lowest BCUT2D eigenvalue weighted by Crippen LogP contribution is -2.16. The van der Waals surface area contributed by atoms with Crippen LogP contribution in [0.25, 0.3) is 0 Å². The normalized spacial score (nSPS) is 10.7. The topological polar surface area (TPSA) is 92.2 Å². The second kappa shape index (κ2) is 11.4. The SMILES string of the molecule is Cc1ccccc1CSc1ncc(Sc2ccc(Cl)cc2)c(C(=O)Nc2cccc(C(=O)O)c2)n1. The molecule has 2 N–H and O–H groups in total. The molecular formula is C26H20ClN3O3S2. The quantitative estimate of drug-likeness (QED) is 0.194. The number of aromatic nitrogens is 2. The van der Waals surface area contributed by atoms with Crippen molar-refractivity contribution in [2.75, 3.05) is 5.32 Å². The minimum atomic E-state index is -1.07. The Bertz CT molecular complexity index is 1380. The maximum absolute atomic E-state index is 13.2. The first kappa shape index (κ1) is 24.8. The van der Waals surface area contributed by atoms with Crippen LogP contribution in [0.5, 0.6) is 0 Å². The molecule has 0 atom stereocenters. The molecule has 1 aromatic heterocycles. The Morgan fingerprint density at radius 1 is 1.03 bits per heavy atom. The van der Waals surface area contributed by atoms with E-state index in [0.29, 0.717) is 26.5 Å². The molecule has 0 aliphatic carbocycles. The van der Waals surface area contributed by atoms with Crippen molar-refractivity contribution < 1.29 is 14.7 Å². The van der Waals surface area contributed by atoms with Gasteiger partial charge in [0.15, 0.2) is 5.16 Å². The van der Waals surface area contributed by atoms with Crippen molar-refractivity contribution in [2.24, 2.45) is 0 Å². The highest BCUT2D eigenvalue weighted by atomic mass is 35.5. The largest absolute Gasteiger partial charge is 0.478 e. The molecule has 0 aliphatic rings. The van der Waals surface area contributed by atoms with Gasteiger partial charge >= 0.3 is 5.97 Å². The number of carbonyl (C=O) groups is 2. The van der Waals surface area contributed by atoms with Crippen molar-refractivity contribution in [3.8, 4) is 0 Å². The van der Waals surface area contributed by atoms with Gasteiger partial charge < -0.3 is 10.4 Å². The molecule has 3 aromatic carbocycles. The molecule has 0 radical (unpaired) electrons. The van der Waals surface area contributed by atoms with Gasteiger partial charge in [0.25, 0.3) is 5.91 Å². The molecule has 0 bridgehead atoms. The monoisotopic (exact) mass is 521 g/mol. The second-order valence-electron chi connectivity index (χ2n) is 7.48. The van der Waals surface area contributed by atoms with Crippen LogP contribution in [0.2, 0.25) is 5.02 Å². The number of anilines is 1. The summed E-state index contributed by atoms with van der Waals surface area (Å²) in [5.41, 5.74) is 2.98. The van der Waals surface area contributed by atoms with Crippen molar-refractivity contribution in [3.63, 3.8) is 0 Å². The number of aryl methyl sites for hydroxylation is 1. The van der Waals surface area contributed by atoms with Crippen molar-refractivity contribution in [2.45, 2.75) is 27.6 Å². The number of carboxylic acids is 1. The highest BCUT2D eigenvalue weighted by Gasteiger charge is 2.18. The average Bonchev–Trinajstić information content (AvgIpc) is 2.85. The molecule has 0 saturated carbocycles. The van der Waals surface area contributed by atoms with E-state index in [-0.39, 0.29) is 11.3 Å². The fraction of sp³-hybridized carbons (Fsp3) is 0.0769. The molecule has 1 amide bonds. The van der Waals surface area contributed by atoms with Crippen LogP contribution in [0.1, 0.15) is 32.0 Å². The zero-order valence-corrected chi connectivity index (χ0v) is 21.0. The molecule has 6 nitrogen and oxygen atoms in total. The van der Waals surface area contributed by atoms with Crippen molar-refractivity contribution in [1.29, 1.82) is 0 Å². The molecule has 4 aromatic rings. The molecule has 0 saturated heterocycles. The van der Waals surface area contributed by atoms with Gasteiger partial charge in [-0.25, -0.2) is 14.8 Å². The van der Waals surface area contributed by atoms with E-state index >= 15 is 0 Å². The number of amides is 1. The Balaban J connectivity index is 1.62. The van der Waals surface area contributed by atoms with Crippen LogP contribution < -0.4 is 5.32 Å². The minimum Gasteiger partial charge on any atom is -0.478 e. The van der Waals surface area contributed by atoms with E-state index in [1.54, 1.807) is 30.5 Å². The minimum absolute atomic E-state index is 0.0794. The van der Waals surface area contributed by atoms with Crippen molar-refractivity contribution >= 4 is 52.7 Å². The highest BCUT2D eigenvalue weighted by molar-refractivity contribution is 7.99. The summed E-state index contributed by atoms with van der Waals surface area (Å²) in [6, 6.07) is 21.4. The number of halogens is 1. The predicted molar refractivity (Wildman–Crippen MR) is 140 cm³/mol. The summed E-state index contributed by atoms with van der Waals surface area (Å²) in [4.78, 5) is 35.0. The highest BCUT2D eigenvalue weighted by Crippen LogP contribution is 2.32. The van der Waals surface area contributed by atoms with E-state index in [1.807, 2.05) is 37.3 Å². The molecule has 0 aliphatic heterocycles. The molecule has 1 heterocycles. The Morgan fingerprint density at radius 2 is 1.80 bits per heavy atom. The smallest absolute Gasteiger partial charge is 0.335 e. The number of hydrogen-bond acceptors (Lipinski definition) is 6. The van der Waals surface area contributed by atoms with E-state index in [9.17, 15) is 14.7 Å². The first-order valence-corrected chi connectivity index (χ1v) is 12.7. The third kappa shape index (κ3) is 6.63. The lowest BCUT2D eigenvalue weighted by molar-refractivity contribution is 0.0696. The van der Waals surface area contributed by atoms with Gasteiger partial charge in [-0.15, -0.1) is 0 Å². The van der Waals surface area contributed by atoms with Gasteiger partial charge in [0.1, 0.15) is 5.69 Å². The van der Waals surface area contributed by atoms with Gasteiger partial charge in [0, 0.05) is 27.6 Å². The lowest BCUT2D eigenvalue weighted by Gasteiger charge is -2.11. The molecular weight excluding hydrogens is 502 g/mol. The summed E-state index contributed by atoms with van der Waals surface area (Å²) in [6.45, 7) is 2.05. The summed E-state index contributed by atoms with van der Waals surface area (Å²) in [7, 11) is 0. The predicted octanol–water partition coefficient (Wildman–Crippen LogP) is 6.83. The summed E-state index contributed by atoms with van der Waals surface area (Å²) in [5, 5.41) is 13.1. The Labute approximate surface area is 216 Å². The Kier molecular flexibility index (Phi) is 8.07. The van der Waals surface area contributed by atoms with E-state index in [0.717, 1.165) is 10.5 Å². The standard InChI is InChI=1S/C26H20ClN3O3S2/c1-16-5-2-3-6-18(16)15-34-26-28-14-22(35-21-11-9-19(27)10-12-21)23(30-26)24(31)29-20-8-4-7-17(13-20)25(32)33/h2-14H,15H2,1H3,(H,29,31)(H,32,33). The van der Waals surface area contributed by atoms with Gasteiger partial charge in [-0.2, -0.15) is 0 Å². The third-order valence-electron chi connectivity index (χ3n) is 4.98. The maximum atomic E-state index is 13.2. The zero-order valence-electron chi connectivity index (χ0n) is 18.6. The van der Waals surface area contributed by atoms with Crippen LogP contribution in [0.4, 0.5) is 5.69 Å². The summed E-state index contributed by atoms with van der Waals surface area (Å²) >= 11 is 8.79. The first-order valence-electron chi connectivity index (χ1n) is 10.5. The van der Waals surface area contributed by atoms with Gasteiger partial charge in [0.2, 0.25) is 0 Å². The maximum Gasteiger partial charge on any atom is 0.335 e. The van der Waals surface area contributed by atoms with Crippen LogP contribution in [0.3, 0.4) is 0 Å². The number of benzene rings is 3. The second-order valence-corrected chi connectivity index (χ2v) is 9.97. The van der Waals surface area contributed by atoms with Gasteiger partial charge in [0.05, 0.1) is 10.5 Å². The molecule has 0 unspecified atom stereocenters. The van der Waals surface area contributed by atoms with E-state index in [2.05, 4.69) is 21.4 Å². The molecule has 4 rings (SSSR count). The average molecular weight is 522 g/mol. The summed E-state index contributed by atoms with van der Waals surface area (Å²) in [5.74, 6) is -0.862. The number of nitrogens with zero attached hydrogens (tertiary/aromatic N) is 2. The molecule has 0 spiro atoms. The number of carboxylic acid groups (broad SMARTS) is 1. The van der Waals surface area contributed by atoms with Gasteiger partial charge in [-0.3, -0.25) is 4.79 Å². The third-order valence-corrected chi connectivity index (χ3v) is 7.16. The number of rotatable bonds is 8. The number of hydrogen-bond donors (Lipinski definition) is 2. The van der Waals surface area contributed by atoms with Gasteiger partial charge in [-0.1, -0.05) is 65.5 Å². The number of thioether (sulfide) groups is 1. The zero-order chi connectivity index (χ0) is 24.8. The molecule has 35 heavy (non-hydrogen) atoms. The van der Waals surface area contributed by atoms with Crippen LogP contribution >= 0.6 is 35.1 Å². The summed E-state index contributed by atoms with van der Waals surface area (Å²) in [6.07, 6.45) is 1.63.